The van der Waals surface area contributed by atoms with Crippen molar-refractivity contribution in [2.24, 2.45) is 0 Å². The molecule has 0 saturated heterocycles. The Morgan fingerprint density at radius 1 is 0.897 bits per heavy atom. The van der Waals surface area contributed by atoms with E-state index in [1.165, 1.54) is 0 Å². The van der Waals surface area contributed by atoms with Crippen LogP contribution in [0.5, 0.6) is 0 Å². The summed E-state index contributed by atoms with van der Waals surface area (Å²) in [6.45, 7) is 10.2. The Morgan fingerprint density at radius 3 is 2.07 bits per heavy atom. The van der Waals surface area contributed by atoms with Gasteiger partial charge in [0.1, 0.15) is 11.5 Å². The van der Waals surface area contributed by atoms with E-state index in [0.717, 1.165) is 11.5 Å². The lowest BCUT2D eigenvalue weighted by molar-refractivity contribution is -0.284. The van der Waals surface area contributed by atoms with Gasteiger partial charge in [0, 0.05) is 26.1 Å². The average molecular weight is 405 g/mol. The van der Waals surface area contributed by atoms with Crippen molar-refractivity contribution < 1.29 is 23.8 Å². The molecule has 2 atom stereocenters. The van der Waals surface area contributed by atoms with Crippen molar-refractivity contribution >= 4 is 0 Å². The molecule has 0 amide bonds. The van der Waals surface area contributed by atoms with Crippen molar-refractivity contribution in [3.63, 3.8) is 0 Å². The van der Waals surface area contributed by atoms with E-state index in [1.54, 1.807) is 5.17 Å². The van der Waals surface area contributed by atoms with Crippen LogP contribution in [-0.2, 0) is 23.8 Å². The van der Waals surface area contributed by atoms with Crippen LogP contribution in [0.3, 0.4) is 0 Å². The van der Waals surface area contributed by atoms with Crippen LogP contribution in [0.15, 0.2) is 59.9 Å². The molecule has 0 spiro atoms. The van der Waals surface area contributed by atoms with Gasteiger partial charge in [-0.05, 0) is 69.3 Å². The number of hydroxylamine groups is 1. The number of nitrogens with zero attached hydrogens (tertiary/aromatic N) is 1. The van der Waals surface area contributed by atoms with Crippen LogP contribution in [0, 0.1) is 0 Å². The topological polar surface area (TPSA) is 61.4 Å². The summed E-state index contributed by atoms with van der Waals surface area (Å²) < 4.78 is 23.4. The highest BCUT2D eigenvalue weighted by atomic mass is 16.8. The van der Waals surface area contributed by atoms with E-state index >= 15 is 0 Å². The molecule has 0 saturated carbocycles. The van der Waals surface area contributed by atoms with E-state index in [9.17, 15) is 0 Å². The first kappa shape index (κ1) is 21.5. The maximum Gasteiger partial charge on any atom is 0.197 e. The van der Waals surface area contributed by atoms with Crippen molar-refractivity contribution in [1.82, 2.24) is 10.6 Å². The molecular formula is C22H32N2O5. The SMILES string of the molecule is CCOC1=CCC(OCC)(C2=CNN(C3(OCC)C=CC(OCC)=CC3)O2)C=C1. The van der Waals surface area contributed by atoms with E-state index in [-0.39, 0.29) is 0 Å². The molecule has 1 aliphatic heterocycles. The van der Waals surface area contributed by atoms with Gasteiger partial charge in [0.25, 0.3) is 0 Å². The monoisotopic (exact) mass is 404 g/mol. The first-order valence-corrected chi connectivity index (χ1v) is 10.4. The van der Waals surface area contributed by atoms with Gasteiger partial charge in [-0.15, -0.1) is 0 Å². The Bertz CT molecular complexity index is 727. The van der Waals surface area contributed by atoms with Gasteiger partial charge in [-0.1, -0.05) is 0 Å². The predicted octanol–water partition coefficient (Wildman–Crippen LogP) is 3.85. The fraction of sp³-hybridized carbons (Fsp3) is 0.545. The summed E-state index contributed by atoms with van der Waals surface area (Å²) in [5.41, 5.74) is 1.75. The fourth-order valence-corrected chi connectivity index (χ4v) is 3.59. The normalized spacial score (nSPS) is 28.9. The van der Waals surface area contributed by atoms with Gasteiger partial charge in [0.15, 0.2) is 17.1 Å². The highest BCUT2D eigenvalue weighted by Crippen LogP contribution is 2.38. The van der Waals surface area contributed by atoms with Crippen LogP contribution < -0.4 is 5.43 Å². The first-order chi connectivity index (χ1) is 14.1. The number of allylic oxidation sites excluding steroid dienone is 2. The highest BCUT2D eigenvalue weighted by Gasteiger charge is 2.46. The van der Waals surface area contributed by atoms with Crippen LogP contribution >= 0.6 is 0 Å². The minimum Gasteiger partial charge on any atom is -0.494 e. The zero-order valence-electron chi connectivity index (χ0n) is 17.8. The fourth-order valence-electron chi connectivity index (χ4n) is 3.59. The maximum absolute atomic E-state index is 6.23. The molecule has 29 heavy (non-hydrogen) atoms. The third-order valence-electron chi connectivity index (χ3n) is 4.91. The van der Waals surface area contributed by atoms with Crippen LogP contribution in [0.4, 0.5) is 0 Å². The molecule has 0 aromatic heterocycles. The van der Waals surface area contributed by atoms with E-state index in [0.29, 0.717) is 45.0 Å². The van der Waals surface area contributed by atoms with E-state index in [2.05, 4.69) is 5.43 Å². The lowest BCUT2D eigenvalue weighted by Crippen LogP contribution is -2.53. The Hall–Kier alpha value is -2.22. The molecule has 7 nitrogen and oxygen atoms in total. The van der Waals surface area contributed by atoms with Gasteiger partial charge in [-0.25, -0.2) is 0 Å². The standard InChI is InChI=1S/C22H32N2O5/c1-5-25-18-9-13-21(14-10-18,27-7-3)20-17-23-24(29-20)22(28-8-4)15-11-19(12-16-22)26-6-2/h9-13,15,17,23H,5-8,14,16H2,1-4H3. The quantitative estimate of drug-likeness (QED) is 0.593. The summed E-state index contributed by atoms with van der Waals surface area (Å²) in [6.07, 6.45) is 14.9. The molecule has 0 bridgehead atoms. The molecular weight excluding hydrogens is 372 g/mol. The summed E-state index contributed by atoms with van der Waals surface area (Å²) in [4.78, 5) is 6.23. The minimum atomic E-state index is -0.772. The molecule has 0 aromatic carbocycles. The summed E-state index contributed by atoms with van der Waals surface area (Å²) in [5.74, 6) is 2.36. The predicted molar refractivity (Wildman–Crippen MR) is 110 cm³/mol. The molecule has 1 heterocycles. The summed E-state index contributed by atoms with van der Waals surface area (Å²) >= 11 is 0. The second-order valence-electron chi connectivity index (χ2n) is 6.78. The number of hydrazine groups is 1. The Morgan fingerprint density at radius 2 is 1.55 bits per heavy atom. The number of hydrogen-bond acceptors (Lipinski definition) is 7. The van der Waals surface area contributed by atoms with E-state index in [1.807, 2.05) is 70.4 Å². The van der Waals surface area contributed by atoms with Crippen molar-refractivity contribution in [3.05, 3.63) is 59.9 Å². The van der Waals surface area contributed by atoms with Crippen LogP contribution in [0.1, 0.15) is 40.5 Å². The zero-order chi connectivity index (χ0) is 20.7. The van der Waals surface area contributed by atoms with Crippen molar-refractivity contribution in [2.45, 2.75) is 51.9 Å². The molecule has 0 fully saturated rings. The second kappa shape index (κ2) is 9.52. The zero-order valence-corrected chi connectivity index (χ0v) is 17.8. The van der Waals surface area contributed by atoms with Crippen LogP contribution in [0.25, 0.3) is 0 Å². The van der Waals surface area contributed by atoms with Crippen molar-refractivity contribution in [3.8, 4) is 0 Å². The molecule has 3 aliphatic rings. The van der Waals surface area contributed by atoms with E-state index < -0.39 is 11.3 Å². The molecule has 2 aliphatic carbocycles. The van der Waals surface area contributed by atoms with Crippen LogP contribution in [0.2, 0.25) is 0 Å². The van der Waals surface area contributed by atoms with Gasteiger partial charge in [0.2, 0.25) is 0 Å². The third-order valence-corrected chi connectivity index (χ3v) is 4.91. The molecule has 160 valence electrons. The highest BCUT2D eigenvalue weighted by molar-refractivity contribution is 5.33. The lowest BCUT2D eigenvalue weighted by Gasteiger charge is -2.39. The number of rotatable bonds is 10. The molecule has 0 aromatic rings. The first-order valence-electron chi connectivity index (χ1n) is 10.4. The molecule has 7 heteroatoms. The van der Waals surface area contributed by atoms with E-state index in [4.69, 9.17) is 23.8 Å². The Balaban J connectivity index is 1.75. The largest absolute Gasteiger partial charge is 0.494 e. The average Bonchev–Trinajstić information content (AvgIpc) is 3.24. The van der Waals surface area contributed by atoms with Crippen molar-refractivity contribution in [2.75, 3.05) is 26.4 Å². The van der Waals surface area contributed by atoms with Crippen molar-refractivity contribution in [1.29, 1.82) is 0 Å². The van der Waals surface area contributed by atoms with Gasteiger partial charge in [-0.3, -0.25) is 5.43 Å². The number of ether oxygens (including phenoxy) is 4. The molecule has 2 unspecified atom stereocenters. The van der Waals surface area contributed by atoms with Crippen LogP contribution in [-0.4, -0.2) is 42.9 Å². The lowest BCUT2D eigenvalue weighted by atomic mass is 9.92. The summed E-state index contributed by atoms with van der Waals surface area (Å²) in [5, 5.41) is 1.64. The van der Waals surface area contributed by atoms with Gasteiger partial charge in [0.05, 0.1) is 19.4 Å². The molecule has 3 rings (SSSR count). The minimum absolute atomic E-state index is 0.538. The smallest absolute Gasteiger partial charge is 0.197 e. The maximum atomic E-state index is 6.23. The molecule has 1 N–H and O–H groups in total. The van der Waals surface area contributed by atoms with Gasteiger partial charge < -0.3 is 23.8 Å². The third kappa shape index (κ3) is 4.52. The summed E-state index contributed by atoms with van der Waals surface area (Å²) in [7, 11) is 0. The van der Waals surface area contributed by atoms with Gasteiger partial charge in [-0.2, -0.15) is 0 Å². The Kier molecular flexibility index (Phi) is 7.05. The summed E-state index contributed by atoms with van der Waals surface area (Å²) in [6, 6.07) is 0. The Labute approximate surface area is 173 Å². The number of hydrogen-bond donors (Lipinski definition) is 1. The second-order valence-corrected chi connectivity index (χ2v) is 6.78. The number of nitrogens with one attached hydrogen (secondary N) is 1. The van der Waals surface area contributed by atoms with Gasteiger partial charge >= 0.3 is 0 Å². The molecule has 0 radical (unpaired) electrons.